The Morgan fingerprint density at radius 1 is 0.833 bits per heavy atom. The molecule has 36 heavy (non-hydrogen) atoms. The second-order valence-corrected chi connectivity index (χ2v) is 8.69. The topological polar surface area (TPSA) is 70.0 Å². The summed E-state index contributed by atoms with van der Waals surface area (Å²) in [6.07, 6.45) is 1.77. The average Bonchev–Trinajstić information content (AvgIpc) is 3.29. The summed E-state index contributed by atoms with van der Waals surface area (Å²) in [6, 6.07) is 15.5. The normalized spacial score (nSPS) is 14.6. The van der Waals surface area contributed by atoms with Crippen molar-refractivity contribution in [2.24, 2.45) is 0 Å². The zero-order valence-corrected chi connectivity index (χ0v) is 21.6. The van der Waals surface area contributed by atoms with Gasteiger partial charge in [0.25, 0.3) is 5.91 Å². The molecule has 0 N–H and O–H groups in total. The lowest BCUT2D eigenvalue weighted by molar-refractivity contribution is -0.136. The van der Waals surface area contributed by atoms with Gasteiger partial charge in [0, 0.05) is 28.8 Å². The van der Waals surface area contributed by atoms with Crippen molar-refractivity contribution in [3.63, 3.8) is 0 Å². The van der Waals surface area contributed by atoms with Gasteiger partial charge in [0.1, 0.15) is 0 Å². The van der Waals surface area contributed by atoms with Gasteiger partial charge in [-0.25, -0.2) is 4.79 Å². The summed E-state index contributed by atoms with van der Waals surface area (Å²) in [5, 5.41) is 0. The van der Waals surface area contributed by atoms with Gasteiger partial charge in [-0.3, -0.25) is 9.69 Å². The fourth-order valence-corrected chi connectivity index (χ4v) is 4.64. The minimum absolute atomic E-state index is 0.234. The molecule has 1 amide bonds. The second-order valence-electron chi connectivity index (χ2n) is 8.69. The lowest BCUT2D eigenvalue weighted by Crippen LogP contribution is -2.24. The smallest absolute Gasteiger partial charge is 0.340 e. The third-order valence-electron chi connectivity index (χ3n) is 6.48. The van der Waals surface area contributed by atoms with E-state index in [9.17, 15) is 9.59 Å². The fraction of sp³-hybridized carbons (Fsp3) is 0.241. The van der Waals surface area contributed by atoms with E-state index in [0.29, 0.717) is 22.9 Å². The first-order valence-corrected chi connectivity index (χ1v) is 11.6. The third kappa shape index (κ3) is 4.17. The molecule has 0 spiro atoms. The van der Waals surface area contributed by atoms with E-state index >= 15 is 0 Å². The predicted molar refractivity (Wildman–Crippen MR) is 140 cm³/mol. The summed E-state index contributed by atoms with van der Waals surface area (Å²) in [4.78, 5) is 28.1. The molecule has 0 radical (unpaired) electrons. The van der Waals surface area contributed by atoms with Crippen LogP contribution in [0.15, 0.2) is 65.4 Å². The minimum Gasteiger partial charge on any atom is -0.493 e. The summed E-state index contributed by atoms with van der Waals surface area (Å²) < 4.78 is 17.9. The monoisotopic (exact) mass is 486 g/mol. The molecule has 0 unspecified atom stereocenters. The van der Waals surface area contributed by atoms with Crippen molar-refractivity contribution in [3.8, 4) is 17.2 Å². The predicted octanol–water partition coefficient (Wildman–Crippen LogP) is 5.30. The zero-order valence-electron chi connectivity index (χ0n) is 21.6. The van der Waals surface area contributed by atoms with Crippen molar-refractivity contribution in [2.45, 2.75) is 27.7 Å². The third-order valence-corrected chi connectivity index (χ3v) is 6.48. The maximum atomic E-state index is 13.7. The molecule has 186 valence electrons. The van der Waals surface area contributed by atoms with Gasteiger partial charge in [0.05, 0.1) is 38.2 Å². The van der Waals surface area contributed by atoms with Crippen molar-refractivity contribution < 1.29 is 23.8 Å². The standard InChI is InChI=1S/C29H30N2O5/c1-17-8-10-22(11-9-17)30-18(2)14-21(19(30)3)15-24-27(29(33)36-7)20(4)31(28(24)32)23-12-13-25(34-5)26(16-23)35-6/h8-16H,1-7H3/b24-15-. The number of esters is 1. The summed E-state index contributed by atoms with van der Waals surface area (Å²) in [7, 11) is 4.39. The summed E-state index contributed by atoms with van der Waals surface area (Å²) in [6.45, 7) is 7.80. The van der Waals surface area contributed by atoms with E-state index in [1.807, 2.05) is 26.8 Å². The number of hydrogen-bond acceptors (Lipinski definition) is 5. The number of methoxy groups -OCH3 is 3. The van der Waals surface area contributed by atoms with E-state index in [-0.39, 0.29) is 17.1 Å². The molecule has 1 aromatic heterocycles. The van der Waals surface area contributed by atoms with E-state index in [0.717, 1.165) is 22.6 Å². The van der Waals surface area contributed by atoms with E-state index in [4.69, 9.17) is 14.2 Å². The molecular formula is C29H30N2O5. The Morgan fingerprint density at radius 2 is 1.47 bits per heavy atom. The molecular weight excluding hydrogens is 456 g/mol. The molecule has 1 aliphatic heterocycles. The molecule has 0 fully saturated rings. The molecule has 4 rings (SSSR count). The molecule has 7 nitrogen and oxygen atoms in total. The van der Waals surface area contributed by atoms with Crippen molar-refractivity contribution in [3.05, 3.63) is 87.9 Å². The Hall–Kier alpha value is -4.26. The number of nitrogens with zero attached hydrogens (tertiary/aromatic N) is 2. The Balaban J connectivity index is 1.84. The molecule has 2 aromatic carbocycles. The second kappa shape index (κ2) is 9.77. The van der Waals surface area contributed by atoms with Crippen LogP contribution < -0.4 is 14.4 Å². The highest BCUT2D eigenvalue weighted by atomic mass is 16.5. The number of allylic oxidation sites excluding steroid dienone is 1. The largest absolute Gasteiger partial charge is 0.493 e. The summed E-state index contributed by atoms with van der Waals surface area (Å²) >= 11 is 0. The quantitative estimate of drug-likeness (QED) is 0.349. The van der Waals surface area contributed by atoms with Crippen LogP contribution in [0.1, 0.15) is 29.4 Å². The van der Waals surface area contributed by atoms with Gasteiger partial charge in [-0.1, -0.05) is 17.7 Å². The van der Waals surface area contributed by atoms with Gasteiger partial charge in [-0.15, -0.1) is 0 Å². The number of carbonyl (C=O) groups excluding carboxylic acids is 2. The number of ether oxygens (including phenoxy) is 3. The van der Waals surface area contributed by atoms with Crippen molar-refractivity contribution in [2.75, 3.05) is 26.2 Å². The Bertz CT molecular complexity index is 1410. The Labute approximate surface area is 211 Å². The molecule has 3 aromatic rings. The number of amides is 1. The van der Waals surface area contributed by atoms with Gasteiger partial charge in [-0.05, 0) is 69.7 Å². The molecule has 1 aliphatic rings. The van der Waals surface area contributed by atoms with Crippen LogP contribution in [0, 0.1) is 20.8 Å². The molecule has 0 bridgehead atoms. The molecule has 0 saturated carbocycles. The molecule has 0 aliphatic carbocycles. The van der Waals surface area contributed by atoms with Gasteiger partial charge >= 0.3 is 5.97 Å². The SMILES string of the molecule is COC(=O)C1=C(C)N(c2ccc(OC)c(OC)c2)C(=O)/C1=C\c1cc(C)n(-c2ccc(C)cc2)c1C. The highest BCUT2D eigenvalue weighted by Gasteiger charge is 2.38. The first-order valence-electron chi connectivity index (χ1n) is 11.6. The van der Waals surface area contributed by atoms with Crippen LogP contribution in [0.3, 0.4) is 0 Å². The molecule has 0 atom stereocenters. The van der Waals surface area contributed by atoms with Gasteiger partial charge in [0.2, 0.25) is 0 Å². The highest BCUT2D eigenvalue weighted by molar-refractivity contribution is 6.24. The van der Waals surface area contributed by atoms with Crippen molar-refractivity contribution >= 4 is 23.6 Å². The van der Waals surface area contributed by atoms with Crippen LogP contribution in [0.4, 0.5) is 5.69 Å². The maximum Gasteiger partial charge on any atom is 0.340 e. The first-order chi connectivity index (χ1) is 17.2. The lowest BCUT2D eigenvalue weighted by Gasteiger charge is -2.19. The number of carbonyl (C=O) groups is 2. The number of anilines is 1. The molecule has 2 heterocycles. The van der Waals surface area contributed by atoms with Crippen molar-refractivity contribution in [1.82, 2.24) is 4.57 Å². The van der Waals surface area contributed by atoms with Crippen LogP contribution >= 0.6 is 0 Å². The Morgan fingerprint density at radius 3 is 2.08 bits per heavy atom. The number of rotatable bonds is 6. The van der Waals surface area contributed by atoms with Crippen LogP contribution in [0.2, 0.25) is 0 Å². The van der Waals surface area contributed by atoms with E-state index in [2.05, 4.69) is 28.8 Å². The number of hydrogen-bond donors (Lipinski definition) is 0. The van der Waals surface area contributed by atoms with Crippen molar-refractivity contribution in [1.29, 1.82) is 0 Å². The van der Waals surface area contributed by atoms with Gasteiger partial charge < -0.3 is 18.8 Å². The van der Waals surface area contributed by atoms with Crippen LogP contribution in [-0.2, 0) is 14.3 Å². The van der Waals surface area contributed by atoms with Crippen LogP contribution in [0.25, 0.3) is 11.8 Å². The van der Waals surface area contributed by atoms with Crippen LogP contribution in [-0.4, -0.2) is 37.8 Å². The molecule has 0 saturated heterocycles. The summed E-state index contributed by atoms with van der Waals surface area (Å²) in [5.41, 5.74) is 6.59. The van der Waals surface area contributed by atoms with Gasteiger partial charge in [-0.2, -0.15) is 0 Å². The zero-order chi connectivity index (χ0) is 26.1. The minimum atomic E-state index is -0.567. The van der Waals surface area contributed by atoms with Gasteiger partial charge in [0.15, 0.2) is 11.5 Å². The maximum absolute atomic E-state index is 13.7. The summed E-state index contributed by atoms with van der Waals surface area (Å²) in [5.74, 6) is 0.138. The Kier molecular flexibility index (Phi) is 6.75. The molecule has 7 heteroatoms. The number of aryl methyl sites for hydroxylation is 2. The lowest BCUT2D eigenvalue weighted by atomic mass is 10.0. The van der Waals surface area contributed by atoms with Crippen LogP contribution in [0.5, 0.6) is 11.5 Å². The number of benzene rings is 2. The van der Waals surface area contributed by atoms with E-state index in [1.165, 1.54) is 24.7 Å². The highest BCUT2D eigenvalue weighted by Crippen LogP contribution is 2.39. The average molecular weight is 487 g/mol. The first kappa shape index (κ1) is 24.9. The van der Waals surface area contributed by atoms with E-state index in [1.54, 1.807) is 38.3 Å². The number of aromatic nitrogens is 1. The van der Waals surface area contributed by atoms with E-state index < -0.39 is 5.97 Å². The fourth-order valence-electron chi connectivity index (χ4n) is 4.64.